The lowest BCUT2D eigenvalue weighted by Crippen LogP contribution is -2.46. The quantitative estimate of drug-likeness (QED) is 0.658. The van der Waals surface area contributed by atoms with Gasteiger partial charge in [0.2, 0.25) is 0 Å². The Bertz CT molecular complexity index is 861. The van der Waals surface area contributed by atoms with Gasteiger partial charge in [0, 0.05) is 45.7 Å². The number of rotatable bonds is 6. The summed E-state index contributed by atoms with van der Waals surface area (Å²) in [6.07, 6.45) is 3.07. The second-order valence-electron chi connectivity index (χ2n) is 6.53. The number of hydrogen-bond acceptors (Lipinski definition) is 5. The van der Waals surface area contributed by atoms with E-state index in [4.69, 9.17) is 0 Å². The van der Waals surface area contributed by atoms with E-state index in [1.807, 2.05) is 6.07 Å². The summed E-state index contributed by atoms with van der Waals surface area (Å²) in [6.45, 7) is 5.68. The first-order valence-corrected chi connectivity index (χ1v) is 9.70. The number of hydrogen-bond donors (Lipinski definition) is 0. The number of aryl methyl sites for hydroxylation is 1. The number of nitrogens with zero attached hydrogens (tertiary/aromatic N) is 5. The molecule has 8 heteroatoms. The molecule has 142 valence electrons. The number of piperazine rings is 1. The van der Waals surface area contributed by atoms with Crippen LogP contribution in [0.4, 0.5) is 5.69 Å². The fraction of sp³-hybridized carbons (Fsp3) is 0.500. The third kappa shape index (κ3) is 4.42. The third-order valence-corrected chi connectivity index (χ3v) is 5.48. The molecule has 0 bridgehead atoms. The molecule has 26 heavy (non-hydrogen) atoms. The minimum atomic E-state index is -0.367. The van der Waals surface area contributed by atoms with E-state index in [-0.39, 0.29) is 12.7 Å². The van der Waals surface area contributed by atoms with Crippen LogP contribution in [0.5, 0.6) is 0 Å². The van der Waals surface area contributed by atoms with Crippen LogP contribution >= 0.6 is 15.9 Å². The van der Waals surface area contributed by atoms with Crippen molar-refractivity contribution >= 4 is 21.6 Å². The van der Waals surface area contributed by atoms with Gasteiger partial charge in [0.25, 0.3) is 5.56 Å². The monoisotopic (exact) mass is 424 g/mol. The van der Waals surface area contributed by atoms with E-state index in [0.29, 0.717) is 6.54 Å². The van der Waals surface area contributed by atoms with Crippen LogP contribution in [0.15, 0.2) is 44.5 Å². The first-order valence-electron chi connectivity index (χ1n) is 8.91. The Kier molecular flexibility index (Phi) is 6.26. The molecule has 2 aromatic rings. The second kappa shape index (κ2) is 8.64. The van der Waals surface area contributed by atoms with E-state index in [1.165, 1.54) is 23.6 Å². The van der Waals surface area contributed by atoms with Crippen molar-refractivity contribution in [1.29, 1.82) is 0 Å². The zero-order valence-corrected chi connectivity index (χ0v) is 16.6. The zero-order chi connectivity index (χ0) is 18.5. The van der Waals surface area contributed by atoms with Crippen LogP contribution in [0, 0.1) is 0 Å². The number of halogens is 1. The van der Waals surface area contributed by atoms with E-state index in [9.17, 15) is 9.59 Å². The molecule has 1 aliphatic rings. The molecular formula is C18H26BrN5O2. The summed E-state index contributed by atoms with van der Waals surface area (Å²) in [4.78, 5) is 28.2. The number of unbranched alkanes of at least 4 members (excludes halogenated alkanes) is 1. The van der Waals surface area contributed by atoms with Crippen LogP contribution in [-0.2, 0) is 13.6 Å². The summed E-state index contributed by atoms with van der Waals surface area (Å²) >= 11 is 3.63. The van der Waals surface area contributed by atoms with E-state index < -0.39 is 0 Å². The van der Waals surface area contributed by atoms with Crippen molar-refractivity contribution < 1.29 is 1.43 Å². The summed E-state index contributed by atoms with van der Waals surface area (Å²) < 4.78 is 3.60. The largest absolute Gasteiger partial charge is 0.368 e. The molecule has 0 unspecified atom stereocenters. The van der Waals surface area contributed by atoms with Crippen LogP contribution in [0.2, 0.25) is 0 Å². The predicted molar refractivity (Wildman–Crippen MR) is 108 cm³/mol. The molecule has 0 atom stereocenters. The van der Waals surface area contributed by atoms with Crippen LogP contribution in [0.3, 0.4) is 0 Å². The zero-order valence-electron chi connectivity index (χ0n) is 15.0. The van der Waals surface area contributed by atoms with Crippen molar-refractivity contribution in [2.45, 2.75) is 19.4 Å². The van der Waals surface area contributed by atoms with Gasteiger partial charge >= 0.3 is 5.69 Å². The van der Waals surface area contributed by atoms with Crippen LogP contribution in [0.1, 0.15) is 14.3 Å². The molecule has 0 aliphatic carbocycles. The molecule has 0 radical (unpaired) electrons. The van der Waals surface area contributed by atoms with E-state index in [0.717, 1.165) is 54.6 Å². The molecule has 1 fully saturated rings. The third-order valence-electron chi connectivity index (χ3n) is 4.81. The van der Waals surface area contributed by atoms with Gasteiger partial charge in [0.05, 0.1) is 5.69 Å². The molecule has 1 saturated heterocycles. The van der Waals surface area contributed by atoms with Crippen molar-refractivity contribution in [3.8, 4) is 0 Å². The SMILES string of the molecule is Cn1c(=O)cnn(CCCCN2CCN(c3ccccc3Br)CC2)c1=O.[2HH]. The van der Waals surface area contributed by atoms with E-state index in [2.05, 4.69) is 49.0 Å². The molecule has 0 saturated carbocycles. The van der Waals surface area contributed by atoms with Crippen molar-refractivity contribution in [3.05, 3.63) is 55.8 Å². The maximum absolute atomic E-state index is 11.9. The van der Waals surface area contributed by atoms with Crippen molar-refractivity contribution in [2.75, 3.05) is 37.6 Å². The molecule has 0 N–H and O–H groups in total. The van der Waals surface area contributed by atoms with Gasteiger partial charge in [-0.2, -0.15) is 5.10 Å². The smallest absolute Gasteiger partial charge is 0.347 e. The normalized spacial score (nSPS) is 15.4. The molecule has 1 aromatic carbocycles. The Morgan fingerprint density at radius 1 is 1.08 bits per heavy atom. The first-order chi connectivity index (χ1) is 12.6. The van der Waals surface area contributed by atoms with Crippen molar-refractivity contribution in [2.24, 2.45) is 7.05 Å². The Balaban J connectivity index is 0.00000261. The molecule has 3 rings (SSSR count). The van der Waals surface area contributed by atoms with Crippen molar-refractivity contribution in [3.63, 3.8) is 0 Å². The average molecular weight is 425 g/mol. The predicted octanol–water partition coefficient (Wildman–Crippen LogP) is 1.55. The molecule has 1 aromatic heterocycles. The molecule has 0 amide bonds. The maximum atomic E-state index is 11.9. The summed E-state index contributed by atoms with van der Waals surface area (Å²) in [6, 6.07) is 8.34. The molecule has 0 spiro atoms. The molecular weight excluding hydrogens is 398 g/mol. The maximum Gasteiger partial charge on any atom is 0.347 e. The van der Waals surface area contributed by atoms with Crippen molar-refractivity contribution in [1.82, 2.24) is 19.2 Å². The van der Waals surface area contributed by atoms with Gasteiger partial charge in [0.15, 0.2) is 0 Å². The summed E-state index contributed by atoms with van der Waals surface area (Å²) in [5.74, 6) is 0. The highest BCUT2D eigenvalue weighted by atomic mass is 79.9. The minimum absolute atomic E-state index is 0. The van der Waals surface area contributed by atoms with Gasteiger partial charge in [-0.1, -0.05) is 12.1 Å². The number of anilines is 1. The minimum Gasteiger partial charge on any atom is -0.368 e. The van der Waals surface area contributed by atoms with Crippen LogP contribution in [0.25, 0.3) is 0 Å². The molecule has 1 aliphatic heterocycles. The fourth-order valence-corrected chi connectivity index (χ4v) is 3.73. The van der Waals surface area contributed by atoms with E-state index >= 15 is 0 Å². The fourth-order valence-electron chi connectivity index (χ4n) is 3.19. The van der Waals surface area contributed by atoms with Crippen LogP contribution in [-0.4, -0.2) is 52.0 Å². The lowest BCUT2D eigenvalue weighted by molar-refractivity contribution is 0.250. The topological polar surface area (TPSA) is 63.4 Å². The number of aromatic nitrogens is 3. The second-order valence-corrected chi connectivity index (χ2v) is 7.39. The Hall–Kier alpha value is -1.93. The van der Waals surface area contributed by atoms with E-state index in [1.54, 1.807) is 0 Å². The number of para-hydroxylation sites is 1. The summed E-state index contributed by atoms with van der Waals surface area (Å²) in [7, 11) is 1.48. The van der Waals surface area contributed by atoms with Crippen LogP contribution < -0.4 is 16.1 Å². The highest BCUT2D eigenvalue weighted by Gasteiger charge is 2.18. The van der Waals surface area contributed by atoms with Gasteiger partial charge in [-0.3, -0.25) is 14.3 Å². The summed E-state index contributed by atoms with van der Waals surface area (Å²) in [5, 5.41) is 3.92. The Labute approximate surface area is 162 Å². The van der Waals surface area contributed by atoms with Gasteiger partial charge < -0.3 is 4.90 Å². The van der Waals surface area contributed by atoms with Gasteiger partial charge in [-0.25, -0.2) is 9.48 Å². The Morgan fingerprint density at radius 3 is 2.50 bits per heavy atom. The standard InChI is InChI=1S/C18H24BrN5O2.H2/c1-21-17(25)14-20-24(18(21)26)9-5-4-8-22-10-12-23(13-11-22)16-7-3-2-6-15(16)19;/h2-3,6-7,14H,4-5,8-13H2,1H3;1H/i;1+1. The molecule has 7 nitrogen and oxygen atoms in total. The summed E-state index contributed by atoms with van der Waals surface area (Å²) in [5.41, 5.74) is 0.543. The molecule has 2 heterocycles. The lowest BCUT2D eigenvalue weighted by atomic mass is 10.2. The Morgan fingerprint density at radius 2 is 1.77 bits per heavy atom. The highest BCUT2D eigenvalue weighted by molar-refractivity contribution is 9.10. The van der Waals surface area contributed by atoms with Gasteiger partial charge in [-0.15, -0.1) is 0 Å². The first kappa shape index (κ1) is 18.8. The average Bonchev–Trinajstić information content (AvgIpc) is 2.66. The number of benzene rings is 1. The lowest BCUT2D eigenvalue weighted by Gasteiger charge is -2.36. The van der Waals surface area contributed by atoms with Gasteiger partial charge in [-0.05, 0) is 47.4 Å². The van der Waals surface area contributed by atoms with Gasteiger partial charge in [0.1, 0.15) is 6.20 Å². The highest BCUT2D eigenvalue weighted by Crippen LogP contribution is 2.26.